The first kappa shape index (κ1) is 26.1. The number of benzene rings is 6. The number of hydrogen-bond acceptors (Lipinski definition) is 5. The lowest BCUT2D eigenvalue weighted by Gasteiger charge is -2.11. The lowest BCUT2D eigenvalue weighted by atomic mass is 10.00. The van der Waals surface area contributed by atoms with Crippen LogP contribution in [0.2, 0.25) is 0 Å². The third kappa shape index (κ3) is 4.45. The van der Waals surface area contributed by atoms with Crippen LogP contribution in [0.4, 0.5) is 0 Å². The highest BCUT2D eigenvalue weighted by Crippen LogP contribution is 2.41. The largest absolute Gasteiger partial charge is 0.455 e. The fraction of sp³-hybridized carbons (Fsp3) is 0. The minimum atomic E-state index is 0.523. The first-order valence-corrected chi connectivity index (χ1v) is 15.2. The average molecular weight is 592 g/mol. The molecule has 0 radical (unpaired) electrons. The molecule has 0 atom stereocenters. The van der Waals surface area contributed by atoms with Gasteiger partial charge in [0, 0.05) is 27.5 Å². The highest BCUT2D eigenvalue weighted by Gasteiger charge is 2.20. The third-order valence-corrected chi connectivity index (χ3v) is 8.35. The molecule has 3 aromatic heterocycles. The number of nitrogens with zero attached hydrogens (tertiary/aromatic N) is 3. The zero-order chi connectivity index (χ0) is 30.5. The van der Waals surface area contributed by atoms with Gasteiger partial charge in [0.15, 0.2) is 11.4 Å². The molecule has 0 aliphatic heterocycles. The van der Waals surface area contributed by atoms with Crippen molar-refractivity contribution in [2.75, 3.05) is 0 Å². The Bertz CT molecular complexity index is 2500. The van der Waals surface area contributed by atoms with Gasteiger partial charge in [-0.25, -0.2) is 15.0 Å². The Labute approximate surface area is 264 Å². The summed E-state index contributed by atoms with van der Waals surface area (Å²) < 4.78 is 12.7. The molecule has 0 N–H and O–H groups in total. The number of hydrogen-bond donors (Lipinski definition) is 0. The van der Waals surface area contributed by atoms with Gasteiger partial charge in [-0.3, -0.25) is 0 Å². The maximum Gasteiger partial charge on any atom is 0.231 e. The van der Waals surface area contributed by atoms with Crippen LogP contribution >= 0.6 is 0 Å². The van der Waals surface area contributed by atoms with E-state index in [0.717, 1.165) is 72.2 Å². The summed E-state index contributed by atoms with van der Waals surface area (Å²) in [5, 5.41) is 1.90. The van der Waals surface area contributed by atoms with E-state index >= 15 is 0 Å². The summed E-state index contributed by atoms with van der Waals surface area (Å²) >= 11 is 0. The van der Waals surface area contributed by atoms with Gasteiger partial charge in [0.05, 0.1) is 17.0 Å². The first-order chi connectivity index (χ1) is 22.8. The molecule has 9 rings (SSSR count). The van der Waals surface area contributed by atoms with E-state index in [0.29, 0.717) is 17.3 Å². The minimum Gasteiger partial charge on any atom is -0.455 e. The number of rotatable bonds is 5. The van der Waals surface area contributed by atoms with Crippen molar-refractivity contribution in [2.24, 2.45) is 0 Å². The topological polar surface area (TPSA) is 65.0 Å². The fourth-order valence-corrected chi connectivity index (χ4v) is 6.15. The molecule has 0 saturated carbocycles. The van der Waals surface area contributed by atoms with Crippen LogP contribution in [-0.4, -0.2) is 15.0 Å². The van der Waals surface area contributed by atoms with Crippen LogP contribution in [0.5, 0.6) is 0 Å². The lowest BCUT2D eigenvalue weighted by molar-refractivity contribution is 0.615. The van der Waals surface area contributed by atoms with Gasteiger partial charge in [-0.05, 0) is 47.5 Å². The molecule has 6 aromatic carbocycles. The number of oxazole rings is 1. The van der Waals surface area contributed by atoms with Crippen LogP contribution in [0.3, 0.4) is 0 Å². The Morgan fingerprint density at radius 2 is 1.04 bits per heavy atom. The quantitative estimate of drug-likeness (QED) is 0.199. The van der Waals surface area contributed by atoms with Crippen molar-refractivity contribution in [3.63, 3.8) is 0 Å². The van der Waals surface area contributed by atoms with Crippen LogP contribution in [0.1, 0.15) is 0 Å². The van der Waals surface area contributed by atoms with Crippen LogP contribution in [0.25, 0.3) is 89.5 Å². The molecule has 9 aromatic rings. The second-order valence-electron chi connectivity index (χ2n) is 11.2. The molecule has 0 aliphatic carbocycles. The maximum atomic E-state index is 6.54. The number of para-hydroxylation sites is 3. The highest BCUT2D eigenvalue weighted by atomic mass is 16.4. The normalized spacial score (nSPS) is 11.5. The van der Waals surface area contributed by atoms with Gasteiger partial charge in [-0.2, -0.15) is 0 Å². The van der Waals surface area contributed by atoms with E-state index in [1.165, 1.54) is 0 Å². The summed E-state index contributed by atoms with van der Waals surface area (Å²) in [5.74, 6) is 1.15. The molecule has 5 heteroatoms. The Morgan fingerprint density at radius 1 is 0.413 bits per heavy atom. The van der Waals surface area contributed by atoms with E-state index < -0.39 is 0 Å². The van der Waals surface area contributed by atoms with Crippen LogP contribution in [0, 0.1) is 0 Å². The Kier molecular flexibility index (Phi) is 6.06. The SMILES string of the molecule is c1ccc(-c2cccc(-c3cc(-c4ccccc4)nc(-c4cccc5oc6c(-c7nc8ccccc8o7)cccc6c45)n3)c2)cc1. The molecule has 0 unspecified atom stereocenters. The van der Waals surface area contributed by atoms with Crippen molar-refractivity contribution in [1.82, 2.24) is 15.0 Å². The Morgan fingerprint density at radius 3 is 1.87 bits per heavy atom. The summed E-state index contributed by atoms with van der Waals surface area (Å²) in [7, 11) is 0. The molecule has 216 valence electrons. The molecular formula is C41H25N3O2. The van der Waals surface area contributed by atoms with Crippen molar-refractivity contribution in [2.45, 2.75) is 0 Å². The Balaban J connectivity index is 1.25. The summed E-state index contributed by atoms with van der Waals surface area (Å²) in [5.41, 5.74) is 10.7. The number of fused-ring (bicyclic) bond motifs is 4. The zero-order valence-corrected chi connectivity index (χ0v) is 24.6. The van der Waals surface area contributed by atoms with Gasteiger partial charge in [0.25, 0.3) is 0 Å². The van der Waals surface area contributed by atoms with Crippen LogP contribution in [-0.2, 0) is 0 Å². The molecule has 5 nitrogen and oxygen atoms in total. The van der Waals surface area contributed by atoms with Crippen molar-refractivity contribution in [1.29, 1.82) is 0 Å². The molecule has 0 fully saturated rings. The van der Waals surface area contributed by atoms with Gasteiger partial charge < -0.3 is 8.83 Å². The zero-order valence-electron chi connectivity index (χ0n) is 24.6. The third-order valence-electron chi connectivity index (χ3n) is 8.35. The highest BCUT2D eigenvalue weighted by molar-refractivity contribution is 6.14. The average Bonchev–Trinajstić information content (AvgIpc) is 3.74. The van der Waals surface area contributed by atoms with E-state index in [2.05, 4.69) is 78.9 Å². The fourth-order valence-electron chi connectivity index (χ4n) is 6.15. The smallest absolute Gasteiger partial charge is 0.231 e. The predicted octanol–water partition coefficient (Wildman–Crippen LogP) is 10.9. The first-order valence-electron chi connectivity index (χ1n) is 15.2. The molecule has 0 saturated heterocycles. The van der Waals surface area contributed by atoms with E-state index in [-0.39, 0.29) is 0 Å². The Hall–Kier alpha value is -6.33. The lowest BCUT2D eigenvalue weighted by Crippen LogP contribution is -1.96. The predicted molar refractivity (Wildman–Crippen MR) is 184 cm³/mol. The number of furan rings is 1. The van der Waals surface area contributed by atoms with Gasteiger partial charge in [0.1, 0.15) is 16.7 Å². The maximum absolute atomic E-state index is 6.54. The van der Waals surface area contributed by atoms with Gasteiger partial charge in [-0.15, -0.1) is 0 Å². The summed E-state index contributed by atoms with van der Waals surface area (Å²) in [6.07, 6.45) is 0. The summed E-state index contributed by atoms with van der Waals surface area (Å²) in [4.78, 5) is 15.1. The van der Waals surface area contributed by atoms with Crippen molar-refractivity contribution in [3.05, 3.63) is 152 Å². The summed E-state index contributed by atoms with van der Waals surface area (Å²) in [6, 6.07) is 51.1. The molecule has 0 amide bonds. The van der Waals surface area contributed by atoms with E-state index in [1.54, 1.807) is 0 Å². The van der Waals surface area contributed by atoms with Crippen LogP contribution < -0.4 is 0 Å². The molecule has 0 bridgehead atoms. The van der Waals surface area contributed by atoms with Gasteiger partial charge in [-0.1, -0.05) is 115 Å². The molecule has 0 aliphatic rings. The van der Waals surface area contributed by atoms with Gasteiger partial charge >= 0.3 is 0 Å². The van der Waals surface area contributed by atoms with Crippen molar-refractivity contribution >= 4 is 33.0 Å². The second-order valence-corrected chi connectivity index (χ2v) is 11.2. The van der Waals surface area contributed by atoms with Gasteiger partial charge in [0.2, 0.25) is 5.89 Å². The van der Waals surface area contributed by atoms with E-state index in [1.807, 2.05) is 72.8 Å². The molecule has 3 heterocycles. The monoisotopic (exact) mass is 591 g/mol. The minimum absolute atomic E-state index is 0.523. The van der Waals surface area contributed by atoms with Crippen molar-refractivity contribution < 1.29 is 8.83 Å². The van der Waals surface area contributed by atoms with Crippen molar-refractivity contribution in [3.8, 4) is 56.5 Å². The second kappa shape index (κ2) is 10.7. The summed E-state index contributed by atoms with van der Waals surface area (Å²) in [6.45, 7) is 0. The van der Waals surface area contributed by atoms with E-state index in [4.69, 9.17) is 23.8 Å². The molecular weight excluding hydrogens is 566 g/mol. The van der Waals surface area contributed by atoms with Crippen LogP contribution in [0.15, 0.2) is 160 Å². The number of aromatic nitrogens is 3. The van der Waals surface area contributed by atoms with E-state index in [9.17, 15) is 0 Å². The standard InChI is InChI=1S/C41H25N3O2/c1-3-12-26(13-4-1)28-16-9-17-29(24-28)35-25-34(27-14-5-2-6-15-27)42-40(43-35)31-19-11-23-37-38(31)30-18-10-20-32(39(30)45-37)41-44-33-21-7-8-22-36(33)46-41/h1-25H. The molecule has 0 spiro atoms. The molecule has 46 heavy (non-hydrogen) atoms.